The first-order chi connectivity index (χ1) is 5.97. The Morgan fingerprint density at radius 3 is 2.62 bits per heavy atom. The van der Waals surface area contributed by atoms with Crippen LogP contribution in [0.2, 0.25) is 0 Å². The molecule has 1 aromatic rings. The number of benzene rings is 1. The molecule has 1 N–H and O–H groups in total. The molecule has 2 nitrogen and oxygen atoms in total. The molecular weight excluding hydrogens is 209 g/mol. The second-order valence-electron chi connectivity index (χ2n) is 2.97. The maximum atomic E-state index is 5.60. The Balaban J connectivity index is 0.000000845. The van der Waals surface area contributed by atoms with Crippen LogP contribution in [0.3, 0.4) is 0 Å². The Labute approximate surface area is 88.9 Å². The third-order valence-corrected chi connectivity index (χ3v) is 2.10. The minimum atomic E-state index is 0. The molecule has 0 amide bonds. The van der Waals surface area contributed by atoms with Gasteiger partial charge in [-0.25, -0.2) is 0 Å². The van der Waals surface area contributed by atoms with Gasteiger partial charge in [-0.2, -0.15) is 0 Å². The van der Waals surface area contributed by atoms with E-state index in [9.17, 15) is 0 Å². The second-order valence-corrected chi connectivity index (χ2v) is 2.97. The predicted octanol–water partition coefficient (Wildman–Crippen LogP) is 1.34. The van der Waals surface area contributed by atoms with E-state index in [0.29, 0.717) is 0 Å². The molecule has 0 bridgehead atoms. The zero-order chi connectivity index (χ0) is 8.23. The van der Waals surface area contributed by atoms with Crippen molar-refractivity contribution in [2.45, 2.75) is 6.10 Å². The summed E-state index contributed by atoms with van der Waals surface area (Å²) in [7, 11) is 0. The summed E-state index contributed by atoms with van der Waals surface area (Å²) in [5.41, 5.74) is 1.27. The van der Waals surface area contributed by atoms with E-state index in [4.69, 9.17) is 4.74 Å². The minimum absolute atomic E-state index is 0. The van der Waals surface area contributed by atoms with E-state index in [0.717, 1.165) is 19.7 Å². The van der Waals surface area contributed by atoms with E-state index in [1.807, 2.05) is 18.2 Å². The van der Waals surface area contributed by atoms with E-state index in [1.54, 1.807) is 0 Å². The molecule has 1 saturated heterocycles. The Bertz CT molecular complexity index is 234. The number of ether oxygens (including phenoxy) is 1. The van der Waals surface area contributed by atoms with Crippen molar-refractivity contribution in [2.75, 3.05) is 19.7 Å². The zero-order valence-corrected chi connectivity index (χ0v) is 8.37. The van der Waals surface area contributed by atoms with Gasteiger partial charge in [-0.1, -0.05) is 30.3 Å². The number of hydrogen-bond acceptors (Lipinski definition) is 2. The van der Waals surface area contributed by atoms with Gasteiger partial charge in [-0.3, -0.25) is 0 Å². The van der Waals surface area contributed by atoms with Gasteiger partial charge in [0.15, 0.2) is 0 Å². The van der Waals surface area contributed by atoms with Gasteiger partial charge in [0.2, 0.25) is 0 Å². The van der Waals surface area contributed by atoms with Crippen LogP contribution >= 0.6 is 0 Å². The molecule has 1 unspecified atom stereocenters. The van der Waals surface area contributed by atoms with E-state index in [1.165, 1.54) is 5.56 Å². The smallest absolute Gasteiger partial charge is 0.0949 e. The first-order valence-corrected chi connectivity index (χ1v) is 4.34. The largest absolute Gasteiger partial charge is 0.371 e. The molecule has 73 valence electrons. The molecule has 1 radical (unpaired) electrons. The van der Waals surface area contributed by atoms with Crippen LogP contribution in [0, 0.1) is 0 Å². The first kappa shape index (κ1) is 10.7. The third kappa shape index (κ3) is 2.81. The SMILES string of the molecule is [Co].c1ccc(C2CNCCO2)cc1. The van der Waals surface area contributed by atoms with Gasteiger partial charge in [0.05, 0.1) is 12.7 Å². The molecule has 13 heavy (non-hydrogen) atoms. The van der Waals surface area contributed by atoms with Crippen LogP contribution in [-0.4, -0.2) is 19.7 Å². The first-order valence-electron chi connectivity index (χ1n) is 4.34. The van der Waals surface area contributed by atoms with E-state index < -0.39 is 0 Å². The summed E-state index contributed by atoms with van der Waals surface area (Å²) in [6, 6.07) is 10.3. The van der Waals surface area contributed by atoms with Crippen molar-refractivity contribution in [2.24, 2.45) is 0 Å². The molecule has 1 fully saturated rings. The number of morpholine rings is 1. The standard InChI is InChI=1S/C10H13NO.Co/c1-2-4-9(5-3-1)10-8-11-6-7-12-10;/h1-5,10-11H,6-8H2;. The van der Waals surface area contributed by atoms with Gasteiger partial charge in [0.1, 0.15) is 0 Å². The summed E-state index contributed by atoms with van der Waals surface area (Å²) in [5, 5.41) is 3.31. The van der Waals surface area contributed by atoms with Crippen LogP contribution in [-0.2, 0) is 21.5 Å². The molecule has 2 rings (SSSR count). The summed E-state index contributed by atoms with van der Waals surface area (Å²) < 4.78 is 5.60. The third-order valence-electron chi connectivity index (χ3n) is 2.10. The van der Waals surface area contributed by atoms with Gasteiger partial charge < -0.3 is 10.1 Å². The van der Waals surface area contributed by atoms with Gasteiger partial charge in [-0.15, -0.1) is 0 Å². The average molecular weight is 222 g/mol. The minimum Gasteiger partial charge on any atom is -0.371 e. The number of hydrogen-bond donors (Lipinski definition) is 1. The molecular formula is C10H13CoNO. The predicted molar refractivity (Wildman–Crippen MR) is 48.0 cm³/mol. The quantitative estimate of drug-likeness (QED) is 0.774. The Kier molecular flexibility index (Phi) is 4.45. The van der Waals surface area contributed by atoms with Crippen LogP contribution in [0.1, 0.15) is 11.7 Å². The van der Waals surface area contributed by atoms with Gasteiger partial charge in [0.25, 0.3) is 0 Å². The molecule has 0 saturated carbocycles. The van der Waals surface area contributed by atoms with Gasteiger partial charge >= 0.3 is 0 Å². The molecule has 1 atom stereocenters. The van der Waals surface area contributed by atoms with Crippen molar-refractivity contribution >= 4 is 0 Å². The summed E-state index contributed by atoms with van der Waals surface area (Å²) in [5.74, 6) is 0. The number of rotatable bonds is 1. The van der Waals surface area contributed by atoms with Crippen LogP contribution in [0.4, 0.5) is 0 Å². The van der Waals surface area contributed by atoms with Crippen molar-refractivity contribution in [3.8, 4) is 0 Å². The van der Waals surface area contributed by atoms with Crippen molar-refractivity contribution in [3.63, 3.8) is 0 Å². The topological polar surface area (TPSA) is 21.3 Å². The maximum Gasteiger partial charge on any atom is 0.0949 e. The molecule has 1 aromatic carbocycles. The van der Waals surface area contributed by atoms with Crippen molar-refractivity contribution < 1.29 is 21.5 Å². The van der Waals surface area contributed by atoms with Crippen LogP contribution in [0.25, 0.3) is 0 Å². The summed E-state index contributed by atoms with van der Waals surface area (Å²) >= 11 is 0. The Morgan fingerprint density at radius 1 is 1.23 bits per heavy atom. The van der Waals surface area contributed by atoms with E-state index in [2.05, 4.69) is 17.4 Å². The fourth-order valence-electron chi connectivity index (χ4n) is 1.45. The normalized spacial score (nSPS) is 22.0. The molecule has 1 aliphatic rings. The maximum absolute atomic E-state index is 5.60. The molecule has 0 aliphatic carbocycles. The van der Waals surface area contributed by atoms with Crippen molar-refractivity contribution in [3.05, 3.63) is 35.9 Å². The molecule has 0 spiro atoms. The monoisotopic (exact) mass is 222 g/mol. The van der Waals surface area contributed by atoms with Crippen LogP contribution in [0.15, 0.2) is 30.3 Å². The average Bonchev–Trinajstić information content (AvgIpc) is 2.21. The van der Waals surface area contributed by atoms with Gasteiger partial charge in [-0.05, 0) is 5.56 Å². The summed E-state index contributed by atoms with van der Waals surface area (Å²) in [6.07, 6.45) is 0.250. The van der Waals surface area contributed by atoms with Crippen molar-refractivity contribution in [1.82, 2.24) is 5.32 Å². The summed E-state index contributed by atoms with van der Waals surface area (Å²) in [6.45, 7) is 2.73. The Hall–Kier alpha value is -0.354. The molecule has 3 heteroatoms. The Morgan fingerprint density at radius 2 is 2.00 bits per heavy atom. The van der Waals surface area contributed by atoms with Gasteiger partial charge in [0, 0.05) is 29.9 Å². The second kappa shape index (κ2) is 5.39. The van der Waals surface area contributed by atoms with E-state index >= 15 is 0 Å². The van der Waals surface area contributed by atoms with E-state index in [-0.39, 0.29) is 22.9 Å². The van der Waals surface area contributed by atoms with Crippen molar-refractivity contribution in [1.29, 1.82) is 0 Å². The van der Waals surface area contributed by atoms with Crippen LogP contribution < -0.4 is 5.32 Å². The zero-order valence-electron chi connectivity index (χ0n) is 7.33. The molecule has 0 aromatic heterocycles. The van der Waals surface area contributed by atoms with Crippen LogP contribution in [0.5, 0.6) is 0 Å². The molecule has 1 heterocycles. The fraction of sp³-hybridized carbons (Fsp3) is 0.400. The number of nitrogens with one attached hydrogen (secondary N) is 1. The summed E-state index contributed by atoms with van der Waals surface area (Å²) in [4.78, 5) is 0. The fourth-order valence-corrected chi connectivity index (χ4v) is 1.45. The molecule has 1 aliphatic heterocycles.